The highest BCUT2D eigenvalue weighted by Gasteiger charge is 2.68. The molecule has 2 aliphatic heterocycles. The first kappa shape index (κ1) is 35.8. The van der Waals surface area contributed by atoms with E-state index in [2.05, 4.69) is 4.98 Å². The van der Waals surface area contributed by atoms with Gasteiger partial charge in [0.15, 0.2) is 14.5 Å². The molecule has 4 aromatic rings. The Balaban J connectivity index is 1.55. The van der Waals surface area contributed by atoms with Gasteiger partial charge < -0.3 is 23.4 Å². The van der Waals surface area contributed by atoms with Crippen LogP contribution in [0.15, 0.2) is 94.6 Å². The van der Waals surface area contributed by atoms with Crippen LogP contribution in [0.3, 0.4) is 0 Å². The lowest BCUT2D eigenvalue weighted by molar-refractivity contribution is -0.169. The van der Waals surface area contributed by atoms with Crippen LogP contribution in [0.5, 0.6) is 11.5 Å². The van der Waals surface area contributed by atoms with Gasteiger partial charge in [-0.2, -0.15) is 4.31 Å². The lowest BCUT2D eigenvalue weighted by atomic mass is 9.79. The first-order valence-corrected chi connectivity index (χ1v) is 21.5. The maximum atomic E-state index is 13.5. The van der Waals surface area contributed by atoms with Crippen molar-refractivity contribution >= 4 is 18.3 Å². The van der Waals surface area contributed by atoms with Crippen LogP contribution >= 0.6 is 0 Å². The molecular formula is C36H43N3O9SSi. The molecule has 2 saturated heterocycles. The summed E-state index contributed by atoms with van der Waals surface area (Å²) >= 11 is 0. The SMILES string of the molecule is COc1ccc(C(OC[C@@]23CN(S(C)(=O)=O)[C@@H]([C@H](n4cc(C)c(=O)[nH]c4=O)O2)[C@@H]3O[Si](C)(C)C)(c2ccccc2)c2ccc(OC)cc2)cc1. The van der Waals surface area contributed by atoms with Gasteiger partial charge in [0, 0.05) is 18.3 Å². The molecule has 3 aromatic carbocycles. The van der Waals surface area contributed by atoms with E-state index in [0.29, 0.717) is 11.5 Å². The Morgan fingerprint density at radius 2 is 1.44 bits per heavy atom. The molecule has 12 nitrogen and oxygen atoms in total. The third-order valence-corrected chi connectivity index (χ3v) is 11.5. The fraction of sp³-hybridized carbons (Fsp3) is 0.389. The Hall–Kier alpha value is -4.05. The number of methoxy groups -OCH3 is 2. The van der Waals surface area contributed by atoms with Crippen molar-refractivity contribution < 1.29 is 31.8 Å². The summed E-state index contributed by atoms with van der Waals surface area (Å²) < 4.78 is 61.4. The molecule has 0 unspecified atom stereocenters. The van der Waals surface area contributed by atoms with Crippen molar-refractivity contribution in [1.82, 2.24) is 13.9 Å². The van der Waals surface area contributed by atoms with Gasteiger partial charge in [-0.25, -0.2) is 13.2 Å². The van der Waals surface area contributed by atoms with Crippen LogP contribution in [-0.4, -0.2) is 82.0 Å². The second-order valence-electron chi connectivity index (χ2n) is 13.8. The van der Waals surface area contributed by atoms with E-state index in [0.717, 1.165) is 22.9 Å². The van der Waals surface area contributed by atoms with Gasteiger partial charge in [0.2, 0.25) is 10.0 Å². The molecule has 14 heteroatoms. The number of hydrogen-bond acceptors (Lipinski definition) is 9. The number of benzene rings is 3. The van der Waals surface area contributed by atoms with E-state index in [1.165, 1.54) is 15.1 Å². The number of aromatic nitrogens is 2. The van der Waals surface area contributed by atoms with Gasteiger partial charge >= 0.3 is 5.69 Å². The van der Waals surface area contributed by atoms with E-state index in [-0.39, 0.29) is 18.7 Å². The molecule has 1 aromatic heterocycles. The molecule has 4 atom stereocenters. The molecule has 2 bridgehead atoms. The van der Waals surface area contributed by atoms with Crippen molar-refractivity contribution in [1.29, 1.82) is 0 Å². The molecule has 50 heavy (non-hydrogen) atoms. The fourth-order valence-electron chi connectivity index (χ4n) is 6.99. The summed E-state index contributed by atoms with van der Waals surface area (Å²) in [5.74, 6) is 1.33. The predicted molar refractivity (Wildman–Crippen MR) is 191 cm³/mol. The molecule has 0 saturated carbocycles. The Kier molecular flexibility index (Phi) is 9.48. The summed E-state index contributed by atoms with van der Waals surface area (Å²) in [6.45, 7) is 7.40. The Bertz CT molecular complexity index is 2020. The maximum Gasteiger partial charge on any atom is 0.330 e. The van der Waals surface area contributed by atoms with E-state index in [4.69, 9.17) is 23.4 Å². The number of morpholine rings is 1. The quantitative estimate of drug-likeness (QED) is 0.170. The molecular weight excluding hydrogens is 679 g/mol. The van der Waals surface area contributed by atoms with Crippen molar-refractivity contribution in [3.8, 4) is 11.5 Å². The van der Waals surface area contributed by atoms with Crippen molar-refractivity contribution in [3.05, 3.63) is 128 Å². The van der Waals surface area contributed by atoms with Gasteiger partial charge in [0.05, 0.1) is 39.2 Å². The largest absolute Gasteiger partial charge is 0.497 e. The highest BCUT2D eigenvalue weighted by atomic mass is 32.2. The van der Waals surface area contributed by atoms with Crippen LogP contribution < -0.4 is 20.7 Å². The number of rotatable bonds is 12. The normalized spacial score (nSPS) is 22.5. The van der Waals surface area contributed by atoms with E-state index in [9.17, 15) is 18.0 Å². The molecule has 0 radical (unpaired) electrons. The van der Waals surface area contributed by atoms with Crippen LogP contribution in [0.4, 0.5) is 0 Å². The lowest BCUT2D eigenvalue weighted by Gasteiger charge is -2.41. The predicted octanol–water partition coefficient (Wildman–Crippen LogP) is 4.00. The van der Waals surface area contributed by atoms with Gasteiger partial charge in [0.25, 0.3) is 5.56 Å². The summed E-state index contributed by atoms with van der Waals surface area (Å²) in [5.41, 5.74) is -1.20. The third-order valence-electron chi connectivity index (χ3n) is 9.27. The summed E-state index contributed by atoms with van der Waals surface area (Å²) in [6, 6.07) is 24.0. The van der Waals surface area contributed by atoms with Crippen molar-refractivity contribution in [2.24, 2.45) is 0 Å². The Morgan fingerprint density at radius 1 is 0.900 bits per heavy atom. The highest BCUT2D eigenvalue weighted by Crippen LogP contribution is 2.51. The number of aromatic amines is 1. The number of nitrogens with zero attached hydrogens (tertiary/aromatic N) is 2. The molecule has 0 spiro atoms. The fourth-order valence-corrected chi connectivity index (χ4v) is 9.21. The van der Waals surface area contributed by atoms with Crippen LogP contribution in [0.2, 0.25) is 19.6 Å². The van der Waals surface area contributed by atoms with Crippen LogP contribution in [-0.2, 0) is 29.5 Å². The molecule has 266 valence electrons. The van der Waals surface area contributed by atoms with Crippen LogP contribution in [0.25, 0.3) is 0 Å². The smallest absolute Gasteiger partial charge is 0.330 e. The Labute approximate surface area is 292 Å². The molecule has 0 amide bonds. The van der Waals surface area contributed by atoms with Gasteiger partial charge in [0.1, 0.15) is 22.7 Å². The Morgan fingerprint density at radius 3 is 1.94 bits per heavy atom. The van der Waals surface area contributed by atoms with Gasteiger partial charge in [-0.3, -0.25) is 14.3 Å². The number of fused-ring (bicyclic) bond motifs is 2. The summed E-state index contributed by atoms with van der Waals surface area (Å²) in [4.78, 5) is 27.9. The number of sulfonamides is 1. The van der Waals surface area contributed by atoms with Gasteiger partial charge in [-0.15, -0.1) is 0 Å². The maximum absolute atomic E-state index is 13.5. The topological polar surface area (TPSA) is 138 Å². The number of hydrogen-bond donors (Lipinski definition) is 1. The number of ether oxygens (including phenoxy) is 4. The highest BCUT2D eigenvalue weighted by molar-refractivity contribution is 7.88. The van der Waals surface area contributed by atoms with E-state index in [1.54, 1.807) is 21.1 Å². The minimum absolute atomic E-state index is 0.0741. The first-order chi connectivity index (χ1) is 23.6. The number of aryl methyl sites for hydroxylation is 1. The second-order valence-corrected chi connectivity index (χ2v) is 20.2. The minimum atomic E-state index is -3.84. The zero-order valence-corrected chi connectivity index (χ0v) is 31.0. The minimum Gasteiger partial charge on any atom is -0.497 e. The van der Waals surface area contributed by atoms with Gasteiger partial charge in [-0.1, -0.05) is 54.6 Å². The lowest BCUT2D eigenvalue weighted by Crippen LogP contribution is -2.53. The van der Waals surface area contributed by atoms with Gasteiger partial charge in [-0.05, 0) is 67.5 Å². The zero-order chi connectivity index (χ0) is 36.1. The summed E-state index contributed by atoms with van der Waals surface area (Å²) in [5, 5.41) is 0. The van der Waals surface area contributed by atoms with Crippen molar-refractivity contribution in [3.63, 3.8) is 0 Å². The van der Waals surface area contributed by atoms with Crippen LogP contribution in [0, 0.1) is 6.92 Å². The van der Waals surface area contributed by atoms with Crippen LogP contribution in [0.1, 0.15) is 28.5 Å². The number of H-pyrrole nitrogens is 1. The molecule has 3 heterocycles. The summed E-state index contributed by atoms with van der Waals surface area (Å²) in [7, 11) is -3.02. The third kappa shape index (κ3) is 6.47. The molecule has 6 rings (SSSR count). The molecule has 1 N–H and O–H groups in total. The standard InChI is InChI=1S/C36H43N3O9SSi/c1-24-21-38(34(41)37-32(24)40)33-30-31(48-50(5,6)7)35(47-33,22-39(30)49(4,42)43)23-46-36(25-11-9-8-10-12-25,26-13-17-28(44-2)18-14-26)27-15-19-29(45-3)20-16-27/h8-21,30-31,33H,22-23H2,1-7H3,(H,37,40,41)/t30-,31+,33-,35-/m1/s1. The van der Waals surface area contributed by atoms with Crippen molar-refractivity contribution in [2.45, 2.75) is 56.1 Å². The van der Waals surface area contributed by atoms with E-state index < -0.39 is 59.2 Å². The second kappa shape index (κ2) is 13.2. The average Bonchev–Trinajstić information content (AvgIpc) is 3.55. The van der Waals surface area contributed by atoms with E-state index >= 15 is 0 Å². The molecule has 2 aliphatic rings. The average molecular weight is 722 g/mol. The van der Waals surface area contributed by atoms with Crippen molar-refractivity contribution in [2.75, 3.05) is 33.6 Å². The zero-order valence-electron chi connectivity index (χ0n) is 29.2. The monoisotopic (exact) mass is 721 g/mol. The molecule has 2 fully saturated rings. The summed E-state index contributed by atoms with van der Waals surface area (Å²) in [6.07, 6.45) is 0.609. The number of nitrogens with one attached hydrogen (secondary N) is 1. The first-order valence-electron chi connectivity index (χ1n) is 16.2. The van der Waals surface area contributed by atoms with E-state index in [1.807, 2.05) is 98.5 Å². The molecule has 0 aliphatic carbocycles.